The van der Waals surface area contributed by atoms with Crippen LogP contribution in [0.1, 0.15) is 16.7 Å². The molecule has 0 fully saturated rings. The number of halogens is 1. The van der Waals surface area contributed by atoms with Crippen molar-refractivity contribution in [3.8, 4) is 5.75 Å². The summed E-state index contributed by atoms with van der Waals surface area (Å²) < 4.78 is 17.9. The second-order valence-corrected chi connectivity index (χ2v) is 7.33. The van der Waals surface area contributed by atoms with E-state index < -0.39 is 8.60 Å². The summed E-state index contributed by atoms with van der Waals surface area (Å²) in [6.07, 6.45) is 0. The molecule has 0 heterocycles. The third-order valence-electron chi connectivity index (χ3n) is 3.67. The molecule has 3 aromatic carbocycles. The van der Waals surface area contributed by atoms with E-state index in [1.165, 1.54) is 0 Å². The highest BCUT2D eigenvalue weighted by Crippen LogP contribution is 2.43. The Kier molecular flexibility index (Phi) is 7.04. The summed E-state index contributed by atoms with van der Waals surface area (Å²) in [5.74, 6) is 0.710. The van der Waals surface area contributed by atoms with Crippen LogP contribution in [0.4, 0.5) is 0 Å². The van der Waals surface area contributed by atoms with E-state index >= 15 is 0 Å². The van der Waals surface area contributed by atoms with Crippen molar-refractivity contribution < 1.29 is 13.6 Å². The lowest BCUT2D eigenvalue weighted by Gasteiger charge is -2.18. The summed E-state index contributed by atoms with van der Waals surface area (Å²) in [7, 11) is -1.55. The summed E-state index contributed by atoms with van der Waals surface area (Å²) in [5.41, 5.74) is 3.08. The molecular weight excluding hydrogens is 367 g/mol. The predicted octanol–water partition coefficient (Wildman–Crippen LogP) is 6.69. The van der Waals surface area contributed by atoms with E-state index in [0.717, 1.165) is 16.7 Å². The van der Waals surface area contributed by atoms with Crippen LogP contribution in [0.25, 0.3) is 0 Å². The van der Waals surface area contributed by atoms with Crippen molar-refractivity contribution >= 4 is 20.2 Å². The first kappa shape index (κ1) is 18.9. The van der Waals surface area contributed by atoms with Crippen LogP contribution in [0.5, 0.6) is 5.75 Å². The maximum atomic E-state index is 6.02. The van der Waals surface area contributed by atoms with Crippen LogP contribution in [0, 0.1) is 6.92 Å². The fourth-order valence-electron chi connectivity index (χ4n) is 2.29. The summed E-state index contributed by atoms with van der Waals surface area (Å²) in [6, 6.07) is 25.4. The molecule has 0 aromatic heterocycles. The Hall–Kier alpha value is -1.90. The first-order valence-corrected chi connectivity index (χ1v) is 9.76. The first-order chi connectivity index (χ1) is 12.7. The maximum Gasteiger partial charge on any atom is 0.397 e. The lowest BCUT2D eigenvalue weighted by molar-refractivity contribution is 0.192. The Labute approximate surface area is 160 Å². The Bertz CT molecular complexity index is 768. The highest BCUT2D eigenvalue weighted by Gasteiger charge is 2.17. The van der Waals surface area contributed by atoms with E-state index in [1.54, 1.807) is 6.07 Å². The standard InChI is InChI=1S/C21H20ClO3P/c1-17-14-20(22)12-13-21(17)25-26(23-15-18-8-4-2-5-9-18)24-16-19-10-6-3-7-11-19/h2-14H,15-16H2,1H3. The molecule has 0 aliphatic rings. The second-order valence-electron chi connectivity index (χ2n) is 5.74. The average Bonchev–Trinajstić information content (AvgIpc) is 2.67. The van der Waals surface area contributed by atoms with Crippen LogP contribution in [0.2, 0.25) is 5.02 Å². The minimum atomic E-state index is -1.55. The zero-order valence-electron chi connectivity index (χ0n) is 14.5. The maximum absolute atomic E-state index is 6.02. The number of rotatable bonds is 8. The van der Waals surface area contributed by atoms with Gasteiger partial charge in [-0.25, -0.2) is 0 Å². The molecule has 0 aliphatic carbocycles. The third kappa shape index (κ3) is 5.82. The topological polar surface area (TPSA) is 27.7 Å². The zero-order chi connectivity index (χ0) is 18.2. The SMILES string of the molecule is Cc1cc(Cl)ccc1OP(OCc1ccccc1)OCc1ccccc1. The molecule has 0 bridgehead atoms. The van der Waals surface area contributed by atoms with Crippen LogP contribution in [-0.4, -0.2) is 0 Å². The van der Waals surface area contributed by atoms with E-state index in [2.05, 4.69) is 0 Å². The van der Waals surface area contributed by atoms with Crippen LogP contribution >= 0.6 is 20.2 Å². The van der Waals surface area contributed by atoms with Gasteiger partial charge in [0.25, 0.3) is 0 Å². The molecule has 0 saturated carbocycles. The van der Waals surface area contributed by atoms with Gasteiger partial charge in [0.2, 0.25) is 0 Å². The van der Waals surface area contributed by atoms with Crippen molar-refractivity contribution in [3.63, 3.8) is 0 Å². The number of hydrogen-bond donors (Lipinski definition) is 0. The van der Waals surface area contributed by atoms with Crippen molar-refractivity contribution in [3.05, 3.63) is 101 Å². The Morgan fingerprint density at radius 3 is 1.81 bits per heavy atom. The van der Waals surface area contributed by atoms with Crippen LogP contribution in [0.3, 0.4) is 0 Å². The van der Waals surface area contributed by atoms with Crippen molar-refractivity contribution in [2.45, 2.75) is 20.1 Å². The number of benzene rings is 3. The fraction of sp³-hybridized carbons (Fsp3) is 0.143. The summed E-state index contributed by atoms with van der Waals surface area (Å²) in [4.78, 5) is 0. The molecule has 0 spiro atoms. The fourth-order valence-corrected chi connectivity index (χ4v) is 3.57. The molecule has 0 radical (unpaired) electrons. The second kappa shape index (κ2) is 9.70. The molecule has 0 unspecified atom stereocenters. The monoisotopic (exact) mass is 386 g/mol. The van der Waals surface area contributed by atoms with Gasteiger partial charge < -0.3 is 4.52 Å². The van der Waals surface area contributed by atoms with Crippen molar-refractivity contribution in [2.75, 3.05) is 0 Å². The molecular formula is C21H20ClO3P. The molecule has 0 saturated heterocycles. The van der Waals surface area contributed by atoms with Crippen molar-refractivity contribution in [1.82, 2.24) is 0 Å². The third-order valence-corrected chi connectivity index (χ3v) is 4.93. The van der Waals surface area contributed by atoms with E-state index in [9.17, 15) is 0 Å². The Morgan fingerprint density at radius 1 is 0.769 bits per heavy atom. The largest absolute Gasteiger partial charge is 0.426 e. The summed E-state index contributed by atoms with van der Waals surface area (Å²) in [6.45, 7) is 2.80. The highest BCUT2D eigenvalue weighted by atomic mass is 35.5. The first-order valence-electron chi connectivity index (χ1n) is 8.28. The summed E-state index contributed by atoms with van der Waals surface area (Å²) >= 11 is 6.02. The van der Waals surface area contributed by atoms with Gasteiger partial charge in [0.1, 0.15) is 5.75 Å². The normalized spacial score (nSPS) is 10.9. The smallest absolute Gasteiger partial charge is 0.397 e. The van der Waals surface area contributed by atoms with Crippen LogP contribution < -0.4 is 4.52 Å². The van der Waals surface area contributed by atoms with Gasteiger partial charge >= 0.3 is 8.60 Å². The number of aryl methyl sites for hydroxylation is 1. The van der Waals surface area contributed by atoms with Crippen LogP contribution in [0.15, 0.2) is 78.9 Å². The molecule has 0 N–H and O–H groups in total. The molecule has 0 aliphatic heterocycles. The van der Waals surface area contributed by atoms with Gasteiger partial charge in [-0.3, -0.25) is 9.05 Å². The van der Waals surface area contributed by atoms with Crippen molar-refractivity contribution in [2.24, 2.45) is 0 Å². The van der Waals surface area contributed by atoms with E-state index in [4.69, 9.17) is 25.2 Å². The van der Waals surface area contributed by atoms with Gasteiger partial charge in [0.05, 0.1) is 13.2 Å². The average molecular weight is 387 g/mol. The zero-order valence-corrected chi connectivity index (χ0v) is 16.1. The Balaban J connectivity index is 1.67. The van der Waals surface area contributed by atoms with Gasteiger partial charge in [-0.2, -0.15) is 0 Å². The minimum Gasteiger partial charge on any atom is -0.426 e. The van der Waals surface area contributed by atoms with Gasteiger partial charge in [0, 0.05) is 5.02 Å². The molecule has 0 amide bonds. The molecule has 0 atom stereocenters. The van der Waals surface area contributed by atoms with Crippen molar-refractivity contribution in [1.29, 1.82) is 0 Å². The predicted molar refractivity (Wildman–Crippen MR) is 106 cm³/mol. The molecule has 3 aromatic rings. The van der Waals surface area contributed by atoms with Gasteiger partial charge in [0.15, 0.2) is 0 Å². The van der Waals surface area contributed by atoms with E-state index in [-0.39, 0.29) is 0 Å². The lowest BCUT2D eigenvalue weighted by atomic mass is 10.2. The number of hydrogen-bond acceptors (Lipinski definition) is 3. The molecule has 5 heteroatoms. The van der Waals surface area contributed by atoms with Gasteiger partial charge in [-0.15, -0.1) is 0 Å². The van der Waals surface area contributed by atoms with Gasteiger partial charge in [-0.05, 0) is 41.8 Å². The van der Waals surface area contributed by atoms with E-state index in [1.807, 2.05) is 79.7 Å². The lowest BCUT2D eigenvalue weighted by Crippen LogP contribution is -2.00. The van der Waals surface area contributed by atoms with Crippen LogP contribution in [-0.2, 0) is 22.3 Å². The summed E-state index contributed by atoms with van der Waals surface area (Å²) in [5, 5.41) is 0.676. The minimum absolute atomic E-state index is 0.425. The molecule has 134 valence electrons. The van der Waals surface area contributed by atoms with Gasteiger partial charge in [-0.1, -0.05) is 72.3 Å². The molecule has 3 rings (SSSR count). The highest BCUT2D eigenvalue weighted by molar-refractivity contribution is 7.42. The Morgan fingerprint density at radius 2 is 1.31 bits per heavy atom. The van der Waals surface area contributed by atoms with E-state index in [0.29, 0.717) is 24.0 Å². The molecule has 3 nitrogen and oxygen atoms in total. The quantitative estimate of drug-likeness (QED) is 0.404. The molecule has 26 heavy (non-hydrogen) atoms.